The van der Waals surface area contributed by atoms with Crippen LogP contribution in [0.3, 0.4) is 0 Å². The van der Waals surface area contributed by atoms with Crippen molar-refractivity contribution in [2.45, 2.75) is 82.8 Å². The highest BCUT2D eigenvalue weighted by Gasteiger charge is 2.29. The van der Waals surface area contributed by atoms with E-state index < -0.39 is 0 Å². The monoisotopic (exact) mass is 240 g/mol. The summed E-state index contributed by atoms with van der Waals surface area (Å²) in [4.78, 5) is 0. The lowest BCUT2D eigenvalue weighted by Crippen LogP contribution is -2.28. The predicted molar refractivity (Wildman–Crippen MR) is 70.0 cm³/mol. The van der Waals surface area contributed by atoms with Crippen LogP contribution >= 0.6 is 0 Å². The molecule has 0 aromatic carbocycles. The van der Waals surface area contributed by atoms with E-state index in [1.54, 1.807) is 0 Å². The van der Waals surface area contributed by atoms with E-state index in [4.69, 9.17) is 4.74 Å². The zero-order valence-corrected chi connectivity index (χ0v) is 11.3. The van der Waals surface area contributed by atoms with E-state index in [1.165, 1.54) is 32.1 Å². The summed E-state index contributed by atoms with van der Waals surface area (Å²) in [6.07, 6.45) is 12.0. The normalized spacial score (nSPS) is 39.2. The summed E-state index contributed by atoms with van der Waals surface area (Å²) in [5, 5.41) is 10.6. The molecule has 0 bridgehead atoms. The van der Waals surface area contributed by atoms with Gasteiger partial charge in [-0.2, -0.15) is 0 Å². The smallest absolute Gasteiger partial charge is 0.0648 e. The Morgan fingerprint density at radius 2 is 2.06 bits per heavy atom. The second kappa shape index (κ2) is 6.19. The van der Waals surface area contributed by atoms with Gasteiger partial charge in [-0.3, -0.25) is 0 Å². The molecule has 1 saturated carbocycles. The molecule has 17 heavy (non-hydrogen) atoms. The molecule has 0 aromatic rings. The van der Waals surface area contributed by atoms with E-state index in [-0.39, 0.29) is 5.60 Å². The fourth-order valence-corrected chi connectivity index (χ4v) is 3.34. The molecule has 0 aromatic heterocycles. The third-order valence-electron chi connectivity index (χ3n) is 4.63. The molecule has 100 valence electrons. The molecule has 3 atom stereocenters. The lowest BCUT2D eigenvalue weighted by Gasteiger charge is -2.27. The highest BCUT2D eigenvalue weighted by atomic mass is 16.5. The van der Waals surface area contributed by atoms with Crippen LogP contribution in [0.4, 0.5) is 0 Å². The molecule has 3 unspecified atom stereocenters. The largest absolute Gasteiger partial charge is 0.390 e. The Balaban J connectivity index is 1.68. The minimum absolute atomic E-state index is 0.358. The Hall–Kier alpha value is -0.0800. The SMILES string of the molecule is CC1CCCC(O)(CCCC2CCCO2)CC1. The van der Waals surface area contributed by atoms with Crippen LogP contribution in [0, 0.1) is 5.92 Å². The highest BCUT2D eigenvalue weighted by molar-refractivity contribution is 4.83. The number of ether oxygens (including phenoxy) is 1. The molecule has 0 amide bonds. The van der Waals surface area contributed by atoms with Crippen molar-refractivity contribution in [3.63, 3.8) is 0 Å². The second-order valence-electron chi connectivity index (χ2n) is 6.29. The van der Waals surface area contributed by atoms with Crippen LogP contribution in [0.1, 0.15) is 71.1 Å². The van der Waals surface area contributed by atoms with Gasteiger partial charge < -0.3 is 9.84 Å². The average Bonchev–Trinajstić information content (AvgIpc) is 2.74. The number of hydrogen-bond donors (Lipinski definition) is 1. The van der Waals surface area contributed by atoms with Gasteiger partial charge in [0.1, 0.15) is 0 Å². The van der Waals surface area contributed by atoms with Crippen LogP contribution in [-0.2, 0) is 4.74 Å². The van der Waals surface area contributed by atoms with E-state index in [1.807, 2.05) is 0 Å². The molecule has 1 aliphatic heterocycles. The van der Waals surface area contributed by atoms with Crippen LogP contribution in [0.5, 0.6) is 0 Å². The Bertz CT molecular complexity index is 223. The van der Waals surface area contributed by atoms with Crippen molar-refractivity contribution >= 4 is 0 Å². The van der Waals surface area contributed by atoms with Gasteiger partial charge in [-0.15, -0.1) is 0 Å². The Labute approximate surface area is 106 Å². The Morgan fingerprint density at radius 3 is 2.82 bits per heavy atom. The van der Waals surface area contributed by atoms with Crippen molar-refractivity contribution in [1.82, 2.24) is 0 Å². The Morgan fingerprint density at radius 1 is 1.18 bits per heavy atom. The quantitative estimate of drug-likeness (QED) is 0.760. The first-order valence-electron chi connectivity index (χ1n) is 7.52. The lowest BCUT2D eigenvalue weighted by atomic mass is 9.88. The first kappa shape index (κ1) is 13.4. The van der Waals surface area contributed by atoms with Gasteiger partial charge in [-0.05, 0) is 57.3 Å². The summed E-state index contributed by atoms with van der Waals surface area (Å²) in [6, 6.07) is 0. The van der Waals surface area contributed by atoms with E-state index in [0.717, 1.165) is 44.6 Å². The molecule has 2 rings (SSSR count). The maximum Gasteiger partial charge on any atom is 0.0648 e. The van der Waals surface area contributed by atoms with Gasteiger partial charge >= 0.3 is 0 Å². The molecule has 1 heterocycles. The van der Waals surface area contributed by atoms with Gasteiger partial charge in [0.05, 0.1) is 11.7 Å². The van der Waals surface area contributed by atoms with Gasteiger partial charge in [-0.25, -0.2) is 0 Å². The second-order valence-corrected chi connectivity index (χ2v) is 6.29. The summed E-state index contributed by atoms with van der Waals surface area (Å²) >= 11 is 0. The van der Waals surface area contributed by atoms with E-state index >= 15 is 0 Å². The average molecular weight is 240 g/mol. The maximum atomic E-state index is 10.6. The van der Waals surface area contributed by atoms with Crippen molar-refractivity contribution in [3.05, 3.63) is 0 Å². The zero-order valence-electron chi connectivity index (χ0n) is 11.3. The molecule has 0 spiro atoms. The summed E-state index contributed by atoms with van der Waals surface area (Å²) < 4.78 is 5.64. The Kier molecular flexibility index (Phi) is 4.87. The molecular weight excluding hydrogens is 212 g/mol. The van der Waals surface area contributed by atoms with Gasteiger partial charge in [0.15, 0.2) is 0 Å². The number of aliphatic hydroxyl groups is 1. The van der Waals surface area contributed by atoms with Crippen molar-refractivity contribution in [1.29, 1.82) is 0 Å². The third-order valence-corrected chi connectivity index (χ3v) is 4.63. The van der Waals surface area contributed by atoms with E-state index in [9.17, 15) is 5.11 Å². The number of hydrogen-bond acceptors (Lipinski definition) is 2. The van der Waals surface area contributed by atoms with Gasteiger partial charge in [0.2, 0.25) is 0 Å². The molecule has 1 saturated heterocycles. The van der Waals surface area contributed by atoms with E-state index in [2.05, 4.69) is 6.92 Å². The maximum absolute atomic E-state index is 10.6. The number of rotatable bonds is 4. The molecule has 2 nitrogen and oxygen atoms in total. The van der Waals surface area contributed by atoms with Crippen molar-refractivity contribution < 1.29 is 9.84 Å². The fourth-order valence-electron chi connectivity index (χ4n) is 3.34. The summed E-state index contributed by atoms with van der Waals surface area (Å²) in [6.45, 7) is 3.27. The minimum atomic E-state index is -0.358. The van der Waals surface area contributed by atoms with Gasteiger partial charge in [0.25, 0.3) is 0 Å². The summed E-state index contributed by atoms with van der Waals surface area (Å²) in [5.41, 5.74) is -0.358. The summed E-state index contributed by atoms with van der Waals surface area (Å²) in [5.74, 6) is 0.808. The molecule has 2 fully saturated rings. The van der Waals surface area contributed by atoms with Crippen LogP contribution in [-0.4, -0.2) is 23.4 Å². The van der Waals surface area contributed by atoms with Crippen LogP contribution in [0.2, 0.25) is 0 Å². The van der Waals surface area contributed by atoms with E-state index in [0.29, 0.717) is 6.10 Å². The molecule has 1 N–H and O–H groups in total. The van der Waals surface area contributed by atoms with Gasteiger partial charge in [-0.1, -0.05) is 19.8 Å². The summed E-state index contributed by atoms with van der Waals surface area (Å²) in [7, 11) is 0. The topological polar surface area (TPSA) is 29.5 Å². The van der Waals surface area contributed by atoms with Crippen molar-refractivity contribution in [2.75, 3.05) is 6.61 Å². The molecule has 0 radical (unpaired) electrons. The highest BCUT2D eigenvalue weighted by Crippen LogP contribution is 2.34. The first-order chi connectivity index (χ1) is 8.18. The third kappa shape index (κ3) is 4.26. The first-order valence-corrected chi connectivity index (χ1v) is 7.52. The van der Waals surface area contributed by atoms with Crippen LogP contribution in [0.25, 0.3) is 0 Å². The lowest BCUT2D eigenvalue weighted by molar-refractivity contribution is 0.00876. The predicted octanol–water partition coefficient (Wildman–Crippen LogP) is 3.67. The van der Waals surface area contributed by atoms with Crippen molar-refractivity contribution in [2.24, 2.45) is 5.92 Å². The molecule has 2 heteroatoms. The van der Waals surface area contributed by atoms with Crippen molar-refractivity contribution in [3.8, 4) is 0 Å². The fraction of sp³-hybridized carbons (Fsp3) is 1.00. The van der Waals surface area contributed by atoms with Crippen LogP contribution in [0.15, 0.2) is 0 Å². The molecular formula is C15H28O2. The molecule has 2 aliphatic rings. The standard InChI is InChI=1S/C15H28O2/c1-13-5-2-9-15(16,11-8-13)10-3-6-14-7-4-12-17-14/h13-14,16H,2-12H2,1H3. The zero-order chi connectivity index (χ0) is 12.1. The minimum Gasteiger partial charge on any atom is -0.390 e. The molecule has 1 aliphatic carbocycles. The van der Waals surface area contributed by atoms with Gasteiger partial charge in [0, 0.05) is 6.61 Å². The van der Waals surface area contributed by atoms with Crippen LogP contribution < -0.4 is 0 Å².